The molecule has 0 aliphatic rings. The highest BCUT2D eigenvalue weighted by molar-refractivity contribution is 6.31. The van der Waals surface area contributed by atoms with Gasteiger partial charge in [-0.2, -0.15) is 0 Å². The Balaban J connectivity index is 2.48. The lowest BCUT2D eigenvalue weighted by Gasteiger charge is -2.24. The van der Waals surface area contributed by atoms with Crippen molar-refractivity contribution in [1.29, 1.82) is 0 Å². The predicted molar refractivity (Wildman–Crippen MR) is 90.6 cm³/mol. The van der Waals surface area contributed by atoms with E-state index in [0.717, 1.165) is 18.2 Å². The van der Waals surface area contributed by atoms with Crippen LogP contribution in [0.4, 0.5) is 8.78 Å². The van der Waals surface area contributed by atoms with Crippen molar-refractivity contribution in [3.63, 3.8) is 0 Å². The van der Waals surface area contributed by atoms with Gasteiger partial charge < -0.3 is 11.1 Å². The Morgan fingerprint density at radius 1 is 1.12 bits per heavy atom. The molecule has 1 amide bonds. The van der Waals surface area contributed by atoms with Gasteiger partial charge in [-0.1, -0.05) is 36.7 Å². The largest absolute Gasteiger partial charge is 0.345 e. The molecular formula is C18H19ClF2N2O. The van der Waals surface area contributed by atoms with E-state index in [1.165, 1.54) is 0 Å². The van der Waals surface area contributed by atoms with Crippen molar-refractivity contribution in [1.82, 2.24) is 5.32 Å². The molecule has 2 rings (SSSR count). The molecule has 0 radical (unpaired) electrons. The normalized spacial score (nSPS) is 14.8. The quantitative estimate of drug-likeness (QED) is 0.859. The SMILES string of the molecule is CC(N)C(C)C(=O)NC(c1cc(F)ccc1F)c1ccccc1Cl. The van der Waals surface area contributed by atoms with Gasteiger partial charge in [0.15, 0.2) is 0 Å². The fraction of sp³-hybridized carbons (Fsp3) is 0.278. The third kappa shape index (κ3) is 4.10. The summed E-state index contributed by atoms with van der Waals surface area (Å²) in [7, 11) is 0. The number of nitrogens with two attached hydrogens (primary N) is 1. The van der Waals surface area contributed by atoms with Gasteiger partial charge in [0.05, 0.1) is 6.04 Å². The first-order chi connectivity index (χ1) is 11.3. The first kappa shape index (κ1) is 18.4. The number of rotatable bonds is 5. The van der Waals surface area contributed by atoms with E-state index in [9.17, 15) is 13.6 Å². The Bertz CT molecular complexity index is 737. The standard InChI is InChI=1S/C18H19ClF2N2O/c1-10(11(2)22)18(24)23-17(13-5-3-4-6-15(13)19)14-9-12(20)7-8-16(14)21/h3-11,17H,22H2,1-2H3,(H,23,24). The number of halogens is 3. The number of nitrogens with one attached hydrogen (secondary N) is 1. The van der Waals surface area contributed by atoms with Gasteiger partial charge in [0, 0.05) is 22.5 Å². The molecule has 128 valence electrons. The summed E-state index contributed by atoms with van der Waals surface area (Å²) in [6.45, 7) is 3.38. The Kier molecular flexibility index (Phi) is 5.91. The molecule has 0 saturated carbocycles. The lowest BCUT2D eigenvalue weighted by atomic mass is 9.96. The number of carbonyl (C=O) groups excluding carboxylic acids is 1. The fourth-order valence-corrected chi connectivity index (χ4v) is 2.53. The van der Waals surface area contributed by atoms with Crippen LogP contribution in [0.5, 0.6) is 0 Å². The molecule has 3 nitrogen and oxygen atoms in total. The minimum Gasteiger partial charge on any atom is -0.345 e. The molecule has 3 atom stereocenters. The van der Waals surface area contributed by atoms with Crippen LogP contribution >= 0.6 is 11.6 Å². The van der Waals surface area contributed by atoms with E-state index in [1.54, 1.807) is 38.1 Å². The zero-order chi connectivity index (χ0) is 17.9. The lowest BCUT2D eigenvalue weighted by molar-refractivity contribution is -0.125. The molecule has 0 fully saturated rings. The van der Waals surface area contributed by atoms with Gasteiger partial charge in [0.25, 0.3) is 0 Å². The van der Waals surface area contributed by atoms with Crippen LogP contribution in [0.1, 0.15) is 31.0 Å². The van der Waals surface area contributed by atoms with Gasteiger partial charge in [-0.25, -0.2) is 8.78 Å². The summed E-state index contributed by atoms with van der Waals surface area (Å²) < 4.78 is 27.9. The molecule has 6 heteroatoms. The van der Waals surface area contributed by atoms with Crippen molar-refractivity contribution >= 4 is 17.5 Å². The molecule has 3 N–H and O–H groups in total. The molecule has 24 heavy (non-hydrogen) atoms. The third-order valence-corrected chi connectivity index (χ3v) is 4.32. The maximum absolute atomic E-state index is 14.3. The van der Waals surface area contributed by atoms with Crippen molar-refractivity contribution in [2.75, 3.05) is 0 Å². The van der Waals surface area contributed by atoms with E-state index >= 15 is 0 Å². The Labute approximate surface area is 144 Å². The highest BCUT2D eigenvalue weighted by Gasteiger charge is 2.26. The summed E-state index contributed by atoms with van der Waals surface area (Å²) in [5.74, 6) is -2.08. The predicted octanol–water partition coefficient (Wildman–Crippen LogP) is 3.81. The maximum Gasteiger partial charge on any atom is 0.225 e. The maximum atomic E-state index is 14.3. The fourth-order valence-electron chi connectivity index (χ4n) is 2.28. The van der Waals surface area contributed by atoms with Crippen LogP contribution < -0.4 is 11.1 Å². The molecule has 3 unspecified atom stereocenters. The summed E-state index contributed by atoms with van der Waals surface area (Å²) in [6, 6.07) is 8.53. The topological polar surface area (TPSA) is 55.1 Å². The van der Waals surface area contributed by atoms with Gasteiger partial charge in [-0.3, -0.25) is 4.79 Å². The molecule has 0 heterocycles. The second kappa shape index (κ2) is 7.73. The van der Waals surface area contributed by atoms with Gasteiger partial charge in [0.1, 0.15) is 11.6 Å². The average Bonchev–Trinajstić information content (AvgIpc) is 2.54. The number of carbonyl (C=O) groups is 1. The van der Waals surface area contributed by atoms with E-state index in [1.807, 2.05) is 0 Å². The second-order valence-corrected chi connectivity index (χ2v) is 6.18. The summed E-state index contributed by atoms with van der Waals surface area (Å²) in [5, 5.41) is 3.08. The number of hydrogen-bond acceptors (Lipinski definition) is 2. The Morgan fingerprint density at radius 2 is 1.79 bits per heavy atom. The summed E-state index contributed by atoms with van der Waals surface area (Å²) in [5.41, 5.74) is 6.24. The van der Waals surface area contributed by atoms with E-state index < -0.39 is 23.6 Å². The van der Waals surface area contributed by atoms with E-state index in [2.05, 4.69) is 5.32 Å². The van der Waals surface area contributed by atoms with Crippen LogP contribution in [-0.4, -0.2) is 11.9 Å². The van der Waals surface area contributed by atoms with Gasteiger partial charge >= 0.3 is 0 Å². The average molecular weight is 353 g/mol. The third-order valence-electron chi connectivity index (χ3n) is 3.97. The van der Waals surface area contributed by atoms with Crippen LogP contribution in [0.15, 0.2) is 42.5 Å². The summed E-state index contributed by atoms with van der Waals surface area (Å²) >= 11 is 6.19. The number of hydrogen-bond donors (Lipinski definition) is 2. The molecule has 0 spiro atoms. The summed E-state index contributed by atoms with van der Waals surface area (Å²) in [6.07, 6.45) is 0. The van der Waals surface area contributed by atoms with E-state index in [0.29, 0.717) is 10.6 Å². The molecular weight excluding hydrogens is 334 g/mol. The Morgan fingerprint density at radius 3 is 2.42 bits per heavy atom. The van der Waals surface area contributed by atoms with Gasteiger partial charge in [-0.05, 0) is 36.8 Å². The molecule has 2 aromatic rings. The van der Waals surface area contributed by atoms with Crippen LogP contribution in [0.2, 0.25) is 5.02 Å². The lowest BCUT2D eigenvalue weighted by Crippen LogP contribution is -2.40. The first-order valence-corrected chi connectivity index (χ1v) is 7.94. The molecule has 0 aliphatic carbocycles. The minimum atomic E-state index is -0.914. The van der Waals surface area contributed by atoms with Gasteiger partial charge in [0.2, 0.25) is 5.91 Å². The molecule has 0 bridgehead atoms. The summed E-state index contributed by atoms with van der Waals surface area (Å²) in [4.78, 5) is 12.4. The van der Waals surface area contributed by atoms with Crippen molar-refractivity contribution in [2.45, 2.75) is 25.9 Å². The highest BCUT2D eigenvalue weighted by atomic mass is 35.5. The van der Waals surface area contributed by atoms with Crippen molar-refractivity contribution in [3.05, 3.63) is 70.2 Å². The van der Waals surface area contributed by atoms with Crippen LogP contribution in [-0.2, 0) is 4.79 Å². The van der Waals surface area contributed by atoms with Crippen LogP contribution in [0.3, 0.4) is 0 Å². The van der Waals surface area contributed by atoms with E-state index in [4.69, 9.17) is 17.3 Å². The van der Waals surface area contributed by atoms with Gasteiger partial charge in [-0.15, -0.1) is 0 Å². The van der Waals surface area contributed by atoms with E-state index in [-0.39, 0.29) is 17.5 Å². The van der Waals surface area contributed by atoms with Crippen molar-refractivity contribution in [2.24, 2.45) is 11.7 Å². The number of benzene rings is 2. The molecule has 0 aromatic heterocycles. The van der Waals surface area contributed by atoms with Crippen molar-refractivity contribution < 1.29 is 13.6 Å². The smallest absolute Gasteiger partial charge is 0.225 e. The van der Waals surface area contributed by atoms with Crippen LogP contribution in [0.25, 0.3) is 0 Å². The molecule has 2 aromatic carbocycles. The Hall–Kier alpha value is -1.98. The monoisotopic (exact) mass is 352 g/mol. The highest BCUT2D eigenvalue weighted by Crippen LogP contribution is 2.30. The molecule has 0 saturated heterocycles. The zero-order valence-electron chi connectivity index (χ0n) is 13.4. The molecule has 0 aliphatic heterocycles. The second-order valence-electron chi connectivity index (χ2n) is 5.78. The van der Waals surface area contributed by atoms with Crippen LogP contribution in [0, 0.1) is 17.6 Å². The minimum absolute atomic E-state index is 0.00771. The first-order valence-electron chi connectivity index (χ1n) is 7.56. The zero-order valence-corrected chi connectivity index (χ0v) is 14.1. The van der Waals surface area contributed by atoms with Crippen molar-refractivity contribution in [3.8, 4) is 0 Å². The number of amides is 1.